The molecule has 46 heavy (non-hydrogen) atoms. The molecule has 0 aliphatic carbocycles. The van der Waals surface area contributed by atoms with Crippen LogP contribution in [0.25, 0.3) is 98.8 Å². The maximum atomic E-state index is 6.83. The van der Waals surface area contributed by atoms with E-state index in [-0.39, 0.29) is 0 Å². The summed E-state index contributed by atoms with van der Waals surface area (Å²) in [7, 11) is 0. The van der Waals surface area contributed by atoms with E-state index in [0.29, 0.717) is 0 Å². The number of hydrogen-bond acceptors (Lipinski definition) is 2. The topological polar surface area (TPSA) is 26.3 Å². The first-order valence-electron chi connectivity index (χ1n) is 15.7. The molecule has 0 atom stereocenters. The zero-order valence-electron chi connectivity index (χ0n) is 24.8. The van der Waals surface area contributed by atoms with Crippen molar-refractivity contribution in [2.24, 2.45) is 0 Å². The lowest BCUT2D eigenvalue weighted by molar-refractivity contribution is 0.669. The zero-order valence-corrected chi connectivity index (χ0v) is 24.8. The molecule has 0 amide bonds. The van der Waals surface area contributed by atoms with E-state index in [1.807, 2.05) is 18.2 Å². The van der Waals surface area contributed by atoms with Crippen molar-refractivity contribution in [3.05, 3.63) is 158 Å². The third kappa shape index (κ3) is 3.65. The molecule has 0 saturated heterocycles. The molecule has 2 nitrogen and oxygen atoms in total. The van der Waals surface area contributed by atoms with Crippen LogP contribution in [0.2, 0.25) is 0 Å². The fourth-order valence-corrected chi connectivity index (χ4v) is 7.39. The Balaban J connectivity index is 1.27. The quantitative estimate of drug-likeness (QED) is 0.206. The molecule has 8 aromatic carbocycles. The van der Waals surface area contributed by atoms with Crippen molar-refractivity contribution in [1.82, 2.24) is 0 Å². The van der Waals surface area contributed by atoms with E-state index in [0.717, 1.165) is 66.0 Å². The summed E-state index contributed by atoms with van der Waals surface area (Å²) in [5.41, 5.74) is 10.5. The highest BCUT2D eigenvalue weighted by Gasteiger charge is 2.24. The van der Waals surface area contributed by atoms with Crippen LogP contribution in [0.15, 0.2) is 167 Å². The number of benzene rings is 8. The van der Waals surface area contributed by atoms with Gasteiger partial charge >= 0.3 is 0 Å². The normalized spacial score (nSPS) is 11.9. The second kappa shape index (κ2) is 9.69. The van der Waals surface area contributed by atoms with Gasteiger partial charge in [-0.25, -0.2) is 0 Å². The van der Waals surface area contributed by atoms with Gasteiger partial charge in [0.15, 0.2) is 0 Å². The molecule has 0 aliphatic heterocycles. The number of rotatable bonds is 3. The Morgan fingerprint density at radius 1 is 0.326 bits per heavy atom. The minimum Gasteiger partial charge on any atom is -0.456 e. The van der Waals surface area contributed by atoms with Gasteiger partial charge in [-0.1, -0.05) is 133 Å². The van der Waals surface area contributed by atoms with Crippen LogP contribution in [-0.2, 0) is 0 Å². The lowest BCUT2D eigenvalue weighted by atomic mass is 9.86. The molecular weight excluding hydrogens is 560 g/mol. The maximum absolute atomic E-state index is 6.83. The average Bonchev–Trinajstić information content (AvgIpc) is 3.69. The summed E-state index contributed by atoms with van der Waals surface area (Å²) in [6.45, 7) is 0. The van der Waals surface area contributed by atoms with Crippen LogP contribution in [0.1, 0.15) is 0 Å². The van der Waals surface area contributed by atoms with Crippen molar-refractivity contribution < 1.29 is 8.83 Å². The minimum absolute atomic E-state index is 0.882. The van der Waals surface area contributed by atoms with Gasteiger partial charge in [0.1, 0.15) is 22.3 Å². The molecule has 0 fully saturated rings. The summed E-state index contributed by atoms with van der Waals surface area (Å²) in [4.78, 5) is 0. The van der Waals surface area contributed by atoms with E-state index < -0.39 is 0 Å². The zero-order chi connectivity index (χ0) is 30.2. The highest BCUT2D eigenvalue weighted by atomic mass is 16.3. The average molecular weight is 587 g/mol. The number of hydrogen-bond donors (Lipinski definition) is 0. The molecule has 2 heteroatoms. The van der Waals surface area contributed by atoms with Crippen LogP contribution in [0.5, 0.6) is 0 Å². The van der Waals surface area contributed by atoms with Crippen molar-refractivity contribution in [2.75, 3.05) is 0 Å². The van der Waals surface area contributed by atoms with Crippen LogP contribution in [0.4, 0.5) is 0 Å². The molecule has 0 saturated carbocycles. The Morgan fingerprint density at radius 3 is 1.67 bits per heavy atom. The number of fused-ring (bicyclic) bond motifs is 8. The van der Waals surface area contributed by atoms with Gasteiger partial charge in [0.05, 0.1) is 0 Å². The summed E-state index contributed by atoms with van der Waals surface area (Å²) in [5, 5.41) is 9.32. The number of para-hydroxylation sites is 2. The van der Waals surface area contributed by atoms with Crippen molar-refractivity contribution in [3.63, 3.8) is 0 Å². The van der Waals surface area contributed by atoms with Crippen molar-refractivity contribution in [2.45, 2.75) is 0 Å². The molecule has 10 rings (SSSR count). The molecule has 214 valence electrons. The Hall–Kier alpha value is -6.12. The van der Waals surface area contributed by atoms with E-state index in [9.17, 15) is 0 Å². The van der Waals surface area contributed by atoms with Gasteiger partial charge in [-0.05, 0) is 68.1 Å². The second-order valence-corrected chi connectivity index (χ2v) is 12.0. The van der Waals surface area contributed by atoms with Gasteiger partial charge in [-0.15, -0.1) is 0 Å². The standard InChI is InChI=1S/C44H26O2/c1-2-11-30-26-31(25-22-27(30)10-1)28-20-23-29(24-21-28)40-32-12-3-4-13-33(32)42(43-35-15-6-8-18-38(35)46-44(40)43)36-16-9-19-39-41(36)34-14-5-7-17-37(34)45-39/h1-26H. The van der Waals surface area contributed by atoms with E-state index in [1.165, 1.54) is 32.8 Å². The van der Waals surface area contributed by atoms with Gasteiger partial charge in [-0.3, -0.25) is 0 Å². The molecule has 0 aliphatic rings. The summed E-state index contributed by atoms with van der Waals surface area (Å²) >= 11 is 0. The first-order chi connectivity index (χ1) is 22.8. The summed E-state index contributed by atoms with van der Waals surface area (Å²) < 4.78 is 13.2. The Bertz CT molecular complexity index is 2790. The summed E-state index contributed by atoms with van der Waals surface area (Å²) in [5.74, 6) is 0. The van der Waals surface area contributed by atoms with Crippen LogP contribution < -0.4 is 0 Å². The predicted molar refractivity (Wildman–Crippen MR) is 192 cm³/mol. The third-order valence-electron chi connectivity index (χ3n) is 9.47. The summed E-state index contributed by atoms with van der Waals surface area (Å²) in [6, 6.07) is 56.0. The lowest BCUT2D eigenvalue weighted by Gasteiger charge is -2.16. The van der Waals surface area contributed by atoms with Gasteiger partial charge < -0.3 is 8.83 Å². The number of furan rings is 2. The van der Waals surface area contributed by atoms with Gasteiger partial charge in [0.25, 0.3) is 0 Å². The minimum atomic E-state index is 0.882. The van der Waals surface area contributed by atoms with Crippen LogP contribution in [0, 0.1) is 0 Å². The molecular formula is C44H26O2. The monoisotopic (exact) mass is 586 g/mol. The van der Waals surface area contributed by atoms with Crippen molar-refractivity contribution >= 4 is 65.4 Å². The Labute approximate surface area is 264 Å². The molecule has 0 spiro atoms. The van der Waals surface area contributed by atoms with E-state index in [2.05, 4.69) is 140 Å². The van der Waals surface area contributed by atoms with Crippen LogP contribution in [-0.4, -0.2) is 0 Å². The predicted octanol–water partition coefficient (Wildman–Crippen LogP) is 12.8. The molecule has 0 N–H and O–H groups in total. The second-order valence-electron chi connectivity index (χ2n) is 12.0. The molecule has 10 aromatic rings. The van der Waals surface area contributed by atoms with Gasteiger partial charge in [-0.2, -0.15) is 0 Å². The largest absolute Gasteiger partial charge is 0.456 e. The summed E-state index contributed by atoms with van der Waals surface area (Å²) in [6.07, 6.45) is 0. The van der Waals surface area contributed by atoms with E-state index in [1.54, 1.807) is 0 Å². The molecule has 0 bridgehead atoms. The highest BCUT2D eigenvalue weighted by Crippen LogP contribution is 2.50. The smallest absolute Gasteiger partial charge is 0.144 e. The Morgan fingerprint density at radius 2 is 0.891 bits per heavy atom. The molecule has 0 unspecified atom stereocenters. The highest BCUT2D eigenvalue weighted by molar-refractivity contribution is 6.29. The first kappa shape index (κ1) is 25.2. The Kier molecular flexibility index (Phi) is 5.31. The van der Waals surface area contributed by atoms with Gasteiger partial charge in [0, 0.05) is 32.7 Å². The molecule has 2 heterocycles. The third-order valence-corrected chi connectivity index (χ3v) is 9.47. The molecule has 0 radical (unpaired) electrons. The SMILES string of the molecule is c1ccc2cc(-c3ccc(-c4c5ccccc5c(-c5cccc6oc7ccccc7c56)c5c4oc4ccccc45)cc3)ccc2c1. The fraction of sp³-hybridized carbons (Fsp3) is 0. The first-order valence-corrected chi connectivity index (χ1v) is 15.7. The van der Waals surface area contributed by atoms with Crippen molar-refractivity contribution in [3.8, 4) is 33.4 Å². The lowest BCUT2D eigenvalue weighted by Crippen LogP contribution is -1.90. The maximum Gasteiger partial charge on any atom is 0.144 e. The van der Waals surface area contributed by atoms with E-state index in [4.69, 9.17) is 8.83 Å². The van der Waals surface area contributed by atoms with Crippen LogP contribution >= 0.6 is 0 Å². The van der Waals surface area contributed by atoms with Gasteiger partial charge in [0.2, 0.25) is 0 Å². The fourth-order valence-electron chi connectivity index (χ4n) is 7.39. The molecule has 2 aromatic heterocycles. The van der Waals surface area contributed by atoms with Crippen LogP contribution in [0.3, 0.4) is 0 Å². The van der Waals surface area contributed by atoms with Crippen molar-refractivity contribution in [1.29, 1.82) is 0 Å². The van der Waals surface area contributed by atoms with E-state index >= 15 is 0 Å².